The fraction of sp³-hybridized carbons (Fsp3) is 0.316. The van der Waals surface area contributed by atoms with E-state index in [-0.39, 0.29) is 11.8 Å². The molecule has 0 atom stereocenters. The minimum atomic E-state index is -0.133. The molecule has 1 aromatic heterocycles. The Kier molecular flexibility index (Phi) is 7.35. The zero-order chi connectivity index (χ0) is 18.1. The fourth-order valence-electron chi connectivity index (χ4n) is 2.22. The minimum Gasteiger partial charge on any atom is -0.321 e. The molecular weight excluding hydrogens is 334 g/mol. The lowest BCUT2D eigenvalue weighted by atomic mass is 10.1. The highest BCUT2D eigenvalue weighted by molar-refractivity contribution is 7.12. The molecule has 1 heterocycles. The van der Waals surface area contributed by atoms with Gasteiger partial charge in [0.05, 0.1) is 10.6 Å². The average molecular weight is 357 g/mol. The second-order valence-corrected chi connectivity index (χ2v) is 6.65. The number of hydrogen-bond donors (Lipinski definition) is 2. The molecule has 0 aliphatic heterocycles. The number of benzene rings is 1. The molecule has 0 aliphatic carbocycles. The Balaban J connectivity index is 1.96. The normalized spacial score (nSPS) is 11.2. The summed E-state index contributed by atoms with van der Waals surface area (Å²) in [6.07, 6.45) is 3.49. The van der Waals surface area contributed by atoms with E-state index in [0.29, 0.717) is 22.7 Å². The molecule has 0 aliphatic rings. The predicted octanol–water partition coefficient (Wildman–Crippen LogP) is 4.42. The maximum absolute atomic E-state index is 12.1. The third-order valence-electron chi connectivity index (χ3n) is 3.64. The summed E-state index contributed by atoms with van der Waals surface area (Å²) in [5.41, 5.74) is 4.82. The Labute approximate surface area is 152 Å². The van der Waals surface area contributed by atoms with Gasteiger partial charge in [0, 0.05) is 12.1 Å². The molecule has 1 aromatic carbocycles. The van der Waals surface area contributed by atoms with Crippen LogP contribution in [0.5, 0.6) is 0 Å². The van der Waals surface area contributed by atoms with E-state index in [1.165, 1.54) is 11.3 Å². The zero-order valence-electron chi connectivity index (χ0n) is 14.5. The van der Waals surface area contributed by atoms with Crippen molar-refractivity contribution in [1.82, 2.24) is 5.43 Å². The van der Waals surface area contributed by atoms with Crippen LogP contribution in [0.3, 0.4) is 0 Å². The van der Waals surface area contributed by atoms with Gasteiger partial charge in [0.25, 0.3) is 5.91 Å². The van der Waals surface area contributed by atoms with Crippen LogP contribution in [0.15, 0.2) is 46.9 Å². The lowest BCUT2D eigenvalue weighted by Crippen LogP contribution is -2.18. The van der Waals surface area contributed by atoms with E-state index < -0.39 is 0 Å². The van der Waals surface area contributed by atoms with Gasteiger partial charge in [-0.05, 0) is 42.5 Å². The largest absolute Gasteiger partial charge is 0.321 e. The minimum absolute atomic E-state index is 0.0741. The van der Waals surface area contributed by atoms with Crippen LogP contribution in [0.25, 0.3) is 0 Å². The van der Waals surface area contributed by atoms with Gasteiger partial charge >= 0.3 is 0 Å². The van der Waals surface area contributed by atoms with Crippen molar-refractivity contribution in [3.8, 4) is 0 Å². The van der Waals surface area contributed by atoms with E-state index in [1.807, 2.05) is 42.6 Å². The van der Waals surface area contributed by atoms with Gasteiger partial charge < -0.3 is 5.32 Å². The lowest BCUT2D eigenvalue weighted by Gasteiger charge is -2.07. The van der Waals surface area contributed by atoms with E-state index in [9.17, 15) is 9.59 Å². The van der Waals surface area contributed by atoms with Crippen molar-refractivity contribution in [2.75, 3.05) is 5.32 Å². The summed E-state index contributed by atoms with van der Waals surface area (Å²) in [4.78, 5) is 24.5. The zero-order valence-corrected chi connectivity index (χ0v) is 15.4. The molecule has 0 fully saturated rings. The van der Waals surface area contributed by atoms with Crippen molar-refractivity contribution in [3.63, 3.8) is 0 Å². The van der Waals surface area contributed by atoms with Crippen molar-refractivity contribution >= 4 is 34.6 Å². The highest BCUT2D eigenvalue weighted by Gasteiger charge is 2.08. The van der Waals surface area contributed by atoms with Gasteiger partial charge in [-0.15, -0.1) is 11.3 Å². The Morgan fingerprint density at radius 2 is 2.00 bits per heavy atom. The van der Waals surface area contributed by atoms with Crippen LogP contribution in [0.1, 0.15) is 54.8 Å². The summed E-state index contributed by atoms with van der Waals surface area (Å²) in [6, 6.07) is 11.0. The number of anilines is 1. The predicted molar refractivity (Wildman–Crippen MR) is 103 cm³/mol. The first kappa shape index (κ1) is 18.9. The molecule has 0 spiro atoms. The molecule has 0 bridgehead atoms. The third-order valence-corrected chi connectivity index (χ3v) is 4.51. The smallest absolute Gasteiger partial charge is 0.265 e. The van der Waals surface area contributed by atoms with Crippen molar-refractivity contribution in [2.24, 2.45) is 5.10 Å². The number of thiophene rings is 1. The third kappa shape index (κ3) is 6.15. The number of nitrogens with one attached hydrogen (secondary N) is 2. The van der Waals surface area contributed by atoms with Crippen LogP contribution >= 0.6 is 11.3 Å². The summed E-state index contributed by atoms with van der Waals surface area (Å²) in [5.74, 6) is -0.207. The van der Waals surface area contributed by atoms with E-state index in [4.69, 9.17) is 0 Å². The van der Waals surface area contributed by atoms with Gasteiger partial charge in [-0.1, -0.05) is 38.0 Å². The quantitative estimate of drug-likeness (QED) is 0.417. The molecule has 5 nitrogen and oxygen atoms in total. The first-order chi connectivity index (χ1) is 12.1. The van der Waals surface area contributed by atoms with Crippen LogP contribution in [0.4, 0.5) is 5.69 Å². The summed E-state index contributed by atoms with van der Waals surface area (Å²) < 4.78 is 0. The summed E-state index contributed by atoms with van der Waals surface area (Å²) in [5, 5.41) is 8.88. The molecule has 2 aromatic rings. The average Bonchev–Trinajstić information content (AvgIpc) is 3.15. The van der Waals surface area contributed by atoms with Gasteiger partial charge in [0.2, 0.25) is 5.91 Å². The van der Waals surface area contributed by atoms with E-state index in [0.717, 1.165) is 24.8 Å². The van der Waals surface area contributed by atoms with E-state index in [1.54, 1.807) is 6.07 Å². The fourth-order valence-corrected chi connectivity index (χ4v) is 2.84. The number of carbonyl (C=O) groups excluding carboxylic acids is 2. The first-order valence-electron chi connectivity index (χ1n) is 8.38. The lowest BCUT2D eigenvalue weighted by molar-refractivity contribution is -0.121. The summed E-state index contributed by atoms with van der Waals surface area (Å²) in [6.45, 7) is 3.93. The number of rotatable bonds is 8. The van der Waals surface area contributed by atoms with Crippen molar-refractivity contribution < 1.29 is 9.59 Å². The number of nitrogens with zero attached hydrogens (tertiary/aromatic N) is 1. The number of hydrogen-bond acceptors (Lipinski definition) is 4. The van der Waals surface area contributed by atoms with Crippen LogP contribution in [0.2, 0.25) is 0 Å². The van der Waals surface area contributed by atoms with E-state index >= 15 is 0 Å². The standard InChI is InChI=1S/C19H23N3O2S/c1-3-4-5-11-18(23)22-21-14(2)15-8-6-9-16(13-15)20-19(24)17-10-7-12-25-17/h6-10,12-13H,3-5,11H2,1-2H3,(H,20,24)(H,22,23)/b21-14+. The summed E-state index contributed by atoms with van der Waals surface area (Å²) >= 11 is 1.40. The molecule has 132 valence electrons. The molecule has 25 heavy (non-hydrogen) atoms. The molecule has 0 unspecified atom stereocenters. The van der Waals surface area contributed by atoms with Gasteiger partial charge in [0.15, 0.2) is 0 Å². The van der Waals surface area contributed by atoms with Crippen LogP contribution in [-0.2, 0) is 4.79 Å². The van der Waals surface area contributed by atoms with Gasteiger partial charge in [-0.25, -0.2) is 5.43 Å². The monoisotopic (exact) mass is 357 g/mol. The molecule has 0 saturated heterocycles. The van der Waals surface area contributed by atoms with Crippen LogP contribution < -0.4 is 10.7 Å². The van der Waals surface area contributed by atoms with Crippen molar-refractivity contribution in [1.29, 1.82) is 0 Å². The highest BCUT2D eigenvalue weighted by atomic mass is 32.1. The summed E-state index contributed by atoms with van der Waals surface area (Å²) in [7, 11) is 0. The number of unbranched alkanes of at least 4 members (excludes halogenated alkanes) is 2. The Bertz CT molecular complexity index is 739. The second kappa shape index (κ2) is 9.74. The number of hydrazone groups is 1. The van der Waals surface area contributed by atoms with Gasteiger partial charge in [0.1, 0.15) is 0 Å². The Morgan fingerprint density at radius 3 is 2.72 bits per heavy atom. The van der Waals surface area contributed by atoms with Crippen molar-refractivity contribution in [2.45, 2.75) is 39.5 Å². The maximum atomic E-state index is 12.1. The number of amides is 2. The molecular formula is C19H23N3O2S. The Hall–Kier alpha value is -2.47. The van der Waals surface area contributed by atoms with Crippen LogP contribution in [-0.4, -0.2) is 17.5 Å². The second-order valence-electron chi connectivity index (χ2n) is 5.70. The maximum Gasteiger partial charge on any atom is 0.265 e. The Morgan fingerprint density at radius 1 is 1.16 bits per heavy atom. The van der Waals surface area contributed by atoms with Crippen molar-refractivity contribution in [3.05, 3.63) is 52.2 Å². The molecule has 2 amide bonds. The van der Waals surface area contributed by atoms with Crippen LogP contribution in [0, 0.1) is 0 Å². The molecule has 2 N–H and O–H groups in total. The molecule has 2 rings (SSSR count). The van der Waals surface area contributed by atoms with E-state index in [2.05, 4.69) is 22.8 Å². The molecule has 6 heteroatoms. The number of carbonyl (C=O) groups is 2. The SMILES string of the molecule is CCCCCC(=O)N/N=C(\C)c1cccc(NC(=O)c2cccs2)c1. The highest BCUT2D eigenvalue weighted by Crippen LogP contribution is 2.15. The topological polar surface area (TPSA) is 70.6 Å². The van der Waals surface area contributed by atoms with Gasteiger partial charge in [-0.2, -0.15) is 5.10 Å². The van der Waals surface area contributed by atoms with Gasteiger partial charge in [-0.3, -0.25) is 9.59 Å². The molecule has 0 saturated carbocycles. The molecule has 0 radical (unpaired) electrons. The first-order valence-corrected chi connectivity index (χ1v) is 9.26.